The quantitative estimate of drug-likeness (QED) is 0.836. The van der Waals surface area contributed by atoms with E-state index in [4.69, 9.17) is 4.74 Å². The molecule has 7 heteroatoms. The molecule has 2 aromatic carbocycles. The molecule has 1 fully saturated rings. The molecule has 1 atom stereocenters. The summed E-state index contributed by atoms with van der Waals surface area (Å²) in [5, 5.41) is 0. The van der Waals surface area contributed by atoms with Gasteiger partial charge in [0.15, 0.2) is 0 Å². The molecule has 0 N–H and O–H groups in total. The summed E-state index contributed by atoms with van der Waals surface area (Å²) >= 11 is 0. The van der Waals surface area contributed by atoms with Gasteiger partial charge in [-0.3, -0.25) is 4.90 Å². The molecule has 1 aliphatic heterocycles. The van der Waals surface area contributed by atoms with E-state index >= 15 is 0 Å². The van der Waals surface area contributed by atoms with Crippen molar-refractivity contribution in [3.63, 3.8) is 0 Å². The van der Waals surface area contributed by atoms with Crippen molar-refractivity contribution in [3.8, 4) is 5.75 Å². The number of cyclic esters (lactones) is 1. The number of hydrogen-bond donors (Lipinski definition) is 0. The maximum atomic E-state index is 12.1. The van der Waals surface area contributed by atoms with Crippen molar-refractivity contribution in [1.29, 1.82) is 0 Å². The number of carbonyl (C=O) groups excluding carboxylic acids is 1. The zero-order valence-electron chi connectivity index (χ0n) is 12.5. The molecule has 0 saturated carbocycles. The number of benzene rings is 2. The minimum absolute atomic E-state index is 0.258. The molecule has 0 spiro atoms. The minimum Gasteiger partial charge on any atom is -0.439 e. The fraction of sp³-hybridized carbons (Fsp3) is 0.235. The summed E-state index contributed by atoms with van der Waals surface area (Å²) < 4.78 is 45.6. The van der Waals surface area contributed by atoms with Crippen LogP contribution in [0.2, 0.25) is 0 Å². The lowest BCUT2D eigenvalue weighted by Crippen LogP contribution is -2.23. The van der Waals surface area contributed by atoms with Gasteiger partial charge in [-0.15, -0.1) is 13.2 Å². The normalized spacial score (nSPS) is 17.7. The van der Waals surface area contributed by atoms with Crippen LogP contribution < -0.4 is 4.74 Å². The third kappa shape index (κ3) is 3.98. The van der Waals surface area contributed by atoms with Crippen LogP contribution in [0, 0.1) is 0 Å². The summed E-state index contributed by atoms with van der Waals surface area (Å²) in [6.45, 7) is 0.651. The second-order valence-electron chi connectivity index (χ2n) is 5.36. The molecule has 0 aliphatic carbocycles. The number of halogens is 3. The van der Waals surface area contributed by atoms with Crippen molar-refractivity contribution < 1.29 is 27.4 Å². The Bertz CT molecular complexity index is 701. The van der Waals surface area contributed by atoms with Gasteiger partial charge < -0.3 is 9.47 Å². The number of alkyl halides is 3. The number of hydrogen-bond acceptors (Lipinski definition) is 3. The average molecular weight is 337 g/mol. The van der Waals surface area contributed by atoms with E-state index in [2.05, 4.69) is 4.74 Å². The highest BCUT2D eigenvalue weighted by Crippen LogP contribution is 2.28. The average Bonchev–Trinajstić information content (AvgIpc) is 2.90. The number of rotatable bonds is 4. The van der Waals surface area contributed by atoms with Crippen LogP contribution in [-0.4, -0.2) is 23.9 Å². The van der Waals surface area contributed by atoms with Crippen LogP contribution >= 0.6 is 0 Å². The summed E-state index contributed by atoms with van der Waals surface area (Å²) in [5.74, 6) is -0.294. The van der Waals surface area contributed by atoms with Gasteiger partial charge in [-0.25, -0.2) is 4.79 Å². The molecule has 0 aromatic heterocycles. The van der Waals surface area contributed by atoms with E-state index in [9.17, 15) is 18.0 Å². The fourth-order valence-electron chi connectivity index (χ4n) is 2.50. The first-order valence-corrected chi connectivity index (χ1v) is 7.26. The van der Waals surface area contributed by atoms with Gasteiger partial charge in [-0.1, -0.05) is 42.5 Å². The van der Waals surface area contributed by atoms with E-state index in [1.165, 1.54) is 29.2 Å². The third-order valence-electron chi connectivity index (χ3n) is 3.59. The van der Waals surface area contributed by atoms with Gasteiger partial charge in [0.25, 0.3) is 0 Å². The van der Waals surface area contributed by atoms with Crippen molar-refractivity contribution >= 4 is 6.09 Å². The van der Waals surface area contributed by atoms with Crippen molar-refractivity contribution in [1.82, 2.24) is 4.90 Å². The predicted molar refractivity (Wildman–Crippen MR) is 79.2 cm³/mol. The lowest BCUT2D eigenvalue weighted by atomic mass is 10.1. The molecule has 1 amide bonds. The van der Waals surface area contributed by atoms with E-state index < -0.39 is 12.5 Å². The van der Waals surface area contributed by atoms with E-state index in [0.717, 1.165) is 5.56 Å². The van der Waals surface area contributed by atoms with Gasteiger partial charge in [0.05, 0.1) is 6.54 Å². The molecule has 24 heavy (non-hydrogen) atoms. The number of amides is 1. The lowest BCUT2D eigenvalue weighted by Gasteiger charge is -2.14. The SMILES string of the molecule is O=C1O[C@H](c2ccccc2)CN1Cc1ccc(OC(F)(F)F)cc1. The van der Waals surface area contributed by atoms with E-state index in [1.807, 2.05) is 30.3 Å². The standard InChI is InChI=1S/C17H14F3NO3/c18-17(19,20)24-14-8-6-12(7-9-14)10-21-11-15(23-16(21)22)13-4-2-1-3-5-13/h1-9,15H,10-11H2/t15-/m0/s1. The Morgan fingerprint density at radius 1 is 1.08 bits per heavy atom. The van der Waals surface area contributed by atoms with Crippen LogP contribution in [0.25, 0.3) is 0 Å². The highest BCUT2D eigenvalue weighted by molar-refractivity contribution is 5.70. The summed E-state index contributed by atoms with van der Waals surface area (Å²) in [6.07, 6.45) is -5.51. The zero-order valence-corrected chi connectivity index (χ0v) is 12.5. The summed E-state index contributed by atoms with van der Waals surface area (Å²) in [6, 6.07) is 14.8. The van der Waals surface area contributed by atoms with E-state index in [0.29, 0.717) is 12.1 Å². The molecular formula is C17H14F3NO3. The predicted octanol–water partition coefficient (Wildman–Crippen LogP) is 4.28. The molecule has 0 bridgehead atoms. The van der Waals surface area contributed by atoms with Crippen LogP contribution in [0.4, 0.5) is 18.0 Å². The first-order chi connectivity index (χ1) is 11.4. The van der Waals surface area contributed by atoms with Gasteiger partial charge in [0.1, 0.15) is 11.9 Å². The number of nitrogens with zero attached hydrogens (tertiary/aromatic N) is 1. The monoisotopic (exact) mass is 337 g/mol. The third-order valence-corrected chi connectivity index (χ3v) is 3.59. The van der Waals surface area contributed by atoms with Gasteiger partial charge >= 0.3 is 12.5 Å². The Morgan fingerprint density at radius 2 is 1.75 bits per heavy atom. The molecule has 0 unspecified atom stereocenters. The lowest BCUT2D eigenvalue weighted by molar-refractivity contribution is -0.274. The molecule has 1 aliphatic rings. The smallest absolute Gasteiger partial charge is 0.439 e. The molecule has 3 rings (SSSR count). The Balaban J connectivity index is 1.63. The van der Waals surface area contributed by atoms with Crippen LogP contribution in [0.1, 0.15) is 17.2 Å². The summed E-state index contributed by atoms with van der Waals surface area (Å²) in [4.78, 5) is 13.5. The minimum atomic E-state index is -4.72. The fourth-order valence-corrected chi connectivity index (χ4v) is 2.50. The molecule has 1 saturated heterocycles. The van der Waals surface area contributed by atoms with Crippen LogP contribution in [0.5, 0.6) is 5.75 Å². The van der Waals surface area contributed by atoms with Crippen molar-refractivity contribution in [3.05, 3.63) is 65.7 Å². The van der Waals surface area contributed by atoms with E-state index in [-0.39, 0.29) is 18.4 Å². The second kappa shape index (κ2) is 6.43. The Kier molecular flexibility index (Phi) is 4.33. The second-order valence-corrected chi connectivity index (χ2v) is 5.36. The van der Waals surface area contributed by atoms with Gasteiger partial charge in [-0.2, -0.15) is 0 Å². The van der Waals surface area contributed by atoms with Crippen molar-refractivity contribution in [2.75, 3.05) is 6.54 Å². The van der Waals surface area contributed by atoms with Crippen LogP contribution in [0.15, 0.2) is 54.6 Å². The topological polar surface area (TPSA) is 38.8 Å². The first-order valence-electron chi connectivity index (χ1n) is 7.26. The highest BCUT2D eigenvalue weighted by atomic mass is 19.4. The maximum Gasteiger partial charge on any atom is 0.573 e. The van der Waals surface area contributed by atoms with E-state index in [1.54, 1.807) is 0 Å². The Morgan fingerprint density at radius 3 is 2.38 bits per heavy atom. The molecule has 126 valence electrons. The van der Waals surface area contributed by atoms with Gasteiger partial charge in [0.2, 0.25) is 0 Å². The van der Waals surface area contributed by atoms with Crippen molar-refractivity contribution in [2.24, 2.45) is 0 Å². The maximum absolute atomic E-state index is 12.1. The number of ether oxygens (including phenoxy) is 2. The summed E-state index contributed by atoms with van der Waals surface area (Å²) in [5.41, 5.74) is 1.59. The van der Waals surface area contributed by atoms with Crippen LogP contribution in [-0.2, 0) is 11.3 Å². The molecule has 2 aromatic rings. The Labute approximate surface area is 136 Å². The molecule has 1 heterocycles. The molecular weight excluding hydrogens is 323 g/mol. The number of carbonyl (C=O) groups is 1. The van der Waals surface area contributed by atoms with Gasteiger partial charge in [0, 0.05) is 6.54 Å². The van der Waals surface area contributed by atoms with Crippen LogP contribution in [0.3, 0.4) is 0 Å². The largest absolute Gasteiger partial charge is 0.573 e. The first kappa shape index (κ1) is 16.2. The molecule has 0 radical (unpaired) electrons. The van der Waals surface area contributed by atoms with Crippen molar-refractivity contribution in [2.45, 2.75) is 19.0 Å². The Hall–Kier alpha value is -2.70. The highest BCUT2D eigenvalue weighted by Gasteiger charge is 2.33. The van der Waals surface area contributed by atoms with Gasteiger partial charge in [-0.05, 0) is 23.3 Å². The molecule has 4 nitrogen and oxygen atoms in total. The zero-order chi connectivity index (χ0) is 17.2. The summed E-state index contributed by atoms with van der Waals surface area (Å²) in [7, 11) is 0.